The largest absolute Gasteiger partial charge is 0.494 e. The van der Waals surface area contributed by atoms with Gasteiger partial charge in [-0.3, -0.25) is 4.79 Å². The summed E-state index contributed by atoms with van der Waals surface area (Å²) in [6, 6.07) is 5.60. The van der Waals surface area contributed by atoms with Gasteiger partial charge in [-0.2, -0.15) is 0 Å². The number of carbonyl (C=O) groups excluding carboxylic acids is 1. The third-order valence-electron chi connectivity index (χ3n) is 4.34. The lowest BCUT2D eigenvalue weighted by molar-refractivity contribution is -0.125. The van der Waals surface area contributed by atoms with Crippen molar-refractivity contribution in [2.75, 3.05) is 13.2 Å². The van der Waals surface area contributed by atoms with Crippen molar-refractivity contribution in [1.29, 1.82) is 0 Å². The fourth-order valence-electron chi connectivity index (χ4n) is 3.08. The van der Waals surface area contributed by atoms with Crippen LogP contribution in [0.25, 0.3) is 0 Å². The SMILES string of the molecule is CCOc1ccc(Cl)cc1CCNC(=O)C1CCn2ccnc2C1. The summed E-state index contributed by atoms with van der Waals surface area (Å²) in [4.78, 5) is 16.7. The number of nitrogens with one attached hydrogen (secondary N) is 1. The second kappa shape index (κ2) is 7.71. The Hall–Kier alpha value is -2.01. The Bertz CT molecular complexity index is 714. The molecular weight excluding hydrogens is 326 g/mol. The van der Waals surface area contributed by atoms with Crippen molar-refractivity contribution in [3.8, 4) is 5.75 Å². The van der Waals surface area contributed by atoms with E-state index in [2.05, 4.69) is 14.9 Å². The van der Waals surface area contributed by atoms with E-state index in [1.165, 1.54) is 0 Å². The average molecular weight is 348 g/mol. The standard InChI is InChI=1S/C18H22ClN3O2/c1-2-24-16-4-3-15(19)11-13(16)5-7-21-18(23)14-6-9-22-10-8-20-17(22)12-14/h3-4,8,10-11,14H,2,5-7,9,12H2,1H3,(H,21,23). The molecule has 1 unspecified atom stereocenters. The summed E-state index contributed by atoms with van der Waals surface area (Å²) in [6.07, 6.45) is 6.03. The second-order valence-electron chi connectivity index (χ2n) is 5.95. The van der Waals surface area contributed by atoms with Crippen molar-refractivity contribution in [2.24, 2.45) is 5.92 Å². The third kappa shape index (κ3) is 3.90. The Morgan fingerprint density at radius 3 is 3.21 bits per heavy atom. The van der Waals surface area contributed by atoms with Gasteiger partial charge >= 0.3 is 0 Å². The van der Waals surface area contributed by atoms with Crippen molar-refractivity contribution in [3.05, 3.63) is 47.0 Å². The number of carbonyl (C=O) groups is 1. The molecule has 0 aliphatic carbocycles. The molecule has 1 atom stereocenters. The first-order chi connectivity index (χ1) is 11.7. The van der Waals surface area contributed by atoms with Crippen LogP contribution in [0, 0.1) is 5.92 Å². The summed E-state index contributed by atoms with van der Waals surface area (Å²) in [7, 11) is 0. The zero-order valence-electron chi connectivity index (χ0n) is 13.8. The molecule has 24 heavy (non-hydrogen) atoms. The number of hydrogen-bond acceptors (Lipinski definition) is 3. The van der Waals surface area contributed by atoms with Crippen LogP contribution in [0.4, 0.5) is 0 Å². The van der Waals surface area contributed by atoms with E-state index in [-0.39, 0.29) is 11.8 Å². The number of amides is 1. The average Bonchev–Trinajstić information content (AvgIpc) is 3.05. The van der Waals surface area contributed by atoms with Crippen LogP contribution in [-0.2, 0) is 24.2 Å². The van der Waals surface area contributed by atoms with Gasteiger partial charge in [0.15, 0.2) is 0 Å². The fourth-order valence-corrected chi connectivity index (χ4v) is 3.27. The fraction of sp³-hybridized carbons (Fsp3) is 0.444. The van der Waals surface area contributed by atoms with Crippen molar-refractivity contribution >= 4 is 17.5 Å². The zero-order chi connectivity index (χ0) is 16.9. The molecule has 128 valence electrons. The van der Waals surface area contributed by atoms with Gasteiger partial charge in [-0.15, -0.1) is 0 Å². The Balaban J connectivity index is 1.53. The van der Waals surface area contributed by atoms with Crippen LogP contribution >= 0.6 is 11.6 Å². The monoisotopic (exact) mass is 347 g/mol. The van der Waals surface area contributed by atoms with E-state index in [0.29, 0.717) is 31.0 Å². The number of halogens is 1. The minimum Gasteiger partial charge on any atom is -0.494 e. The Morgan fingerprint density at radius 2 is 2.38 bits per heavy atom. The Kier molecular flexibility index (Phi) is 5.41. The maximum absolute atomic E-state index is 12.4. The number of imidazole rings is 1. The van der Waals surface area contributed by atoms with E-state index in [1.54, 1.807) is 6.20 Å². The lowest BCUT2D eigenvalue weighted by Crippen LogP contribution is -2.36. The molecule has 0 bridgehead atoms. The molecule has 0 radical (unpaired) electrons. The summed E-state index contributed by atoms with van der Waals surface area (Å²) in [5.74, 6) is 1.93. The number of ether oxygens (including phenoxy) is 1. The number of aryl methyl sites for hydroxylation is 1. The van der Waals surface area contributed by atoms with Gasteiger partial charge in [-0.25, -0.2) is 4.98 Å². The van der Waals surface area contributed by atoms with E-state index in [4.69, 9.17) is 16.3 Å². The molecular formula is C18H22ClN3O2. The second-order valence-corrected chi connectivity index (χ2v) is 6.39. The van der Waals surface area contributed by atoms with Gasteiger partial charge in [0.2, 0.25) is 5.91 Å². The highest BCUT2D eigenvalue weighted by Gasteiger charge is 2.24. The molecule has 1 aromatic heterocycles. The first-order valence-electron chi connectivity index (χ1n) is 8.36. The molecule has 0 fully saturated rings. The number of fused-ring (bicyclic) bond motifs is 1. The van der Waals surface area contributed by atoms with Crippen molar-refractivity contribution in [2.45, 2.75) is 32.7 Å². The normalized spacial score (nSPS) is 16.5. The van der Waals surface area contributed by atoms with Gasteiger partial charge in [0.25, 0.3) is 0 Å². The first kappa shape index (κ1) is 16.8. The number of rotatable bonds is 6. The van der Waals surface area contributed by atoms with Crippen LogP contribution in [0.2, 0.25) is 5.02 Å². The van der Waals surface area contributed by atoms with Gasteiger partial charge in [-0.05, 0) is 43.5 Å². The number of benzene rings is 1. The number of aromatic nitrogens is 2. The molecule has 0 saturated heterocycles. The highest BCUT2D eigenvalue weighted by molar-refractivity contribution is 6.30. The van der Waals surface area contributed by atoms with Gasteiger partial charge < -0.3 is 14.6 Å². The molecule has 3 rings (SSSR count). The van der Waals surface area contributed by atoms with E-state index < -0.39 is 0 Å². The van der Waals surface area contributed by atoms with Gasteiger partial charge in [0.05, 0.1) is 6.61 Å². The minimum absolute atomic E-state index is 0.00521. The molecule has 2 aromatic rings. The van der Waals surface area contributed by atoms with Crippen molar-refractivity contribution < 1.29 is 9.53 Å². The molecule has 0 spiro atoms. The highest BCUT2D eigenvalue weighted by atomic mass is 35.5. The lowest BCUT2D eigenvalue weighted by atomic mass is 9.97. The highest BCUT2D eigenvalue weighted by Crippen LogP contribution is 2.23. The smallest absolute Gasteiger partial charge is 0.223 e. The summed E-state index contributed by atoms with van der Waals surface area (Å²) in [6.45, 7) is 3.99. The summed E-state index contributed by atoms with van der Waals surface area (Å²) in [5, 5.41) is 3.72. The van der Waals surface area contributed by atoms with E-state index >= 15 is 0 Å². The summed E-state index contributed by atoms with van der Waals surface area (Å²) >= 11 is 6.07. The van der Waals surface area contributed by atoms with Crippen molar-refractivity contribution in [1.82, 2.24) is 14.9 Å². The summed E-state index contributed by atoms with van der Waals surface area (Å²) < 4.78 is 7.73. The maximum atomic E-state index is 12.4. The van der Waals surface area contributed by atoms with Gasteiger partial charge in [0, 0.05) is 42.8 Å². The minimum atomic E-state index is 0.00521. The number of nitrogens with zero attached hydrogens (tertiary/aromatic N) is 2. The quantitative estimate of drug-likeness (QED) is 0.874. The van der Waals surface area contributed by atoms with Gasteiger partial charge in [0.1, 0.15) is 11.6 Å². The zero-order valence-corrected chi connectivity index (χ0v) is 14.6. The molecule has 1 N–H and O–H groups in total. The predicted octanol–water partition coefficient (Wildman–Crippen LogP) is 2.86. The van der Waals surface area contributed by atoms with E-state index in [0.717, 1.165) is 30.1 Å². The molecule has 0 saturated carbocycles. The molecule has 5 nitrogen and oxygen atoms in total. The van der Waals surface area contributed by atoms with Crippen LogP contribution in [0.3, 0.4) is 0 Å². The molecule has 1 amide bonds. The first-order valence-corrected chi connectivity index (χ1v) is 8.74. The molecule has 1 aliphatic rings. The number of hydrogen-bond donors (Lipinski definition) is 1. The van der Waals surface area contributed by atoms with Crippen LogP contribution in [0.5, 0.6) is 5.75 Å². The van der Waals surface area contributed by atoms with Crippen LogP contribution in [0.15, 0.2) is 30.6 Å². The molecule has 1 aromatic carbocycles. The van der Waals surface area contributed by atoms with Crippen molar-refractivity contribution in [3.63, 3.8) is 0 Å². The topological polar surface area (TPSA) is 56.1 Å². The van der Waals surface area contributed by atoms with E-state index in [1.807, 2.05) is 31.3 Å². The molecule has 2 heterocycles. The third-order valence-corrected chi connectivity index (χ3v) is 4.57. The Morgan fingerprint density at radius 1 is 1.50 bits per heavy atom. The molecule has 1 aliphatic heterocycles. The maximum Gasteiger partial charge on any atom is 0.223 e. The van der Waals surface area contributed by atoms with Gasteiger partial charge in [-0.1, -0.05) is 11.6 Å². The van der Waals surface area contributed by atoms with Crippen LogP contribution < -0.4 is 10.1 Å². The predicted molar refractivity (Wildman–Crippen MR) is 93.4 cm³/mol. The van der Waals surface area contributed by atoms with E-state index in [9.17, 15) is 4.79 Å². The van der Waals surface area contributed by atoms with Crippen LogP contribution in [-0.4, -0.2) is 28.6 Å². The van der Waals surface area contributed by atoms with Crippen LogP contribution in [0.1, 0.15) is 24.7 Å². The Labute approximate surface area is 147 Å². The summed E-state index contributed by atoms with van der Waals surface area (Å²) in [5.41, 5.74) is 1.02. The lowest BCUT2D eigenvalue weighted by Gasteiger charge is -2.22. The molecule has 6 heteroatoms.